The number of rotatable bonds is 3. The summed E-state index contributed by atoms with van der Waals surface area (Å²) < 4.78 is 26.8. The lowest BCUT2D eigenvalue weighted by Gasteiger charge is -2.29. The highest BCUT2D eigenvalue weighted by atomic mass is 79.9. The summed E-state index contributed by atoms with van der Waals surface area (Å²) >= 11 is 3.38. The Labute approximate surface area is 214 Å². The highest BCUT2D eigenvalue weighted by Crippen LogP contribution is 2.35. The molecule has 0 aliphatic carbocycles. The maximum Gasteiger partial charge on any atom is 0.411 e. The van der Waals surface area contributed by atoms with Crippen molar-refractivity contribution in [3.05, 3.63) is 62.4 Å². The third kappa shape index (κ3) is 4.79. The zero-order chi connectivity index (χ0) is 26.4. The van der Waals surface area contributed by atoms with Gasteiger partial charge in [-0.2, -0.15) is 5.26 Å². The van der Waals surface area contributed by atoms with Gasteiger partial charge in [0.1, 0.15) is 11.4 Å². The molecule has 2 heterocycles. The Morgan fingerprint density at radius 3 is 2.64 bits per heavy atom. The van der Waals surface area contributed by atoms with Crippen LogP contribution in [0.3, 0.4) is 0 Å². The average Bonchev–Trinajstić information content (AvgIpc) is 3.20. The first-order chi connectivity index (χ1) is 16.9. The molecule has 3 aromatic rings. The van der Waals surface area contributed by atoms with Crippen molar-refractivity contribution in [3.8, 4) is 17.5 Å². The Bertz CT molecular complexity index is 1460. The van der Waals surface area contributed by atoms with Crippen LogP contribution in [0.15, 0.2) is 39.6 Å². The first kappa shape index (κ1) is 25.6. The van der Waals surface area contributed by atoms with Gasteiger partial charge in [0.25, 0.3) is 5.56 Å². The molecule has 1 fully saturated rings. The summed E-state index contributed by atoms with van der Waals surface area (Å²) in [6.45, 7) is 5.14. The largest absolute Gasteiger partial charge is 0.494 e. The van der Waals surface area contributed by atoms with E-state index in [1.165, 1.54) is 40.8 Å². The van der Waals surface area contributed by atoms with Crippen LogP contribution < -0.4 is 10.3 Å². The second-order valence-corrected chi connectivity index (χ2v) is 10.3. The van der Waals surface area contributed by atoms with Gasteiger partial charge in [-0.05, 0) is 61.0 Å². The van der Waals surface area contributed by atoms with Gasteiger partial charge in [0, 0.05) is 17.0 Å². The van der Waals surface area contributed by atoms with Gasteiger partial charge in [-0.15, -0.1) is 0 Å². The van der Waals surface area contributed by atoms with Crippen LogP contribution in [0.2, 0.25) is 0 Å². The lowest BCUT2D eigenvalue weighted by atomic mass is 10.1. The first-order valence-corrected chi connectivity index (χ1v) is 11.9. The number of aliphatic hydroxyl groups is 1. The molecule has 0 spiro atoms. The maximum atomic E-state index is 14.7. The van der Waals surface area contributed by atoms with Crippen LogP contribution in [-0.2, 0) is 4.74 Å². The molecule has 1 aliphatic rings. The molecule has 9 nitrogen and oxygen atoms in total. The lowest BCUT2D eigenvalue weighted by Crippen LogP contribution is -2.39. The van der Waals surface area contributed by atoms with Crippen LogP contribution in [0.5, 0.6) is 5.75 Å². The number of hydrogen-bond donors (Lipinski definition) is 1. The van der Waals surface area contributed by atoms with Crippen molar-refractivity contribution in [2.24, 2.45) is 0 Å². The normalized spacial score (nSPS) is 17.8. The Hall–Kier alpha value is -3.49. The fourth-order valence-corrected chi connectivity index (χ4v) is 4.73. The fourth-order valence-electron chi connectivity index (χ4n) is 4.18. The summed E-state index contributed by atoms with van der Waals surface area (Å²) in [6, 6.07) is 8.10. The van der Waals surface area contributed by atoms with E-state index >= 15 is 0 Å². The summed E-state index contributed by atoms with van der Waals surface area (Å²) in [5.41, 5.74) is -0.707. The molecular weight excluding hydrogens is 535 g/mol. The van der Waals surface area contributed by atoms with E-state index in [2.05, 4.69) is 15.9 Å². The second kappa shape index (κ2) is 9.52. The van der Waals surface area contributed by atoms with E-state index in [0.29, 0.717) is 4.47 Å². The van der Waals surface area contributed by atoms with Gasteiger partial charge in [0.15, 0.2) is 11.6 Å². The Morgan fingerprint density at radius 1 is 1.31 bits per heavy atom. The van der Waals surface area contributed by atoms with Crippen LogP contribution in [0, 0.1) is 17.1 Å². The predicted molar refractivity (Wildman–Crippen MR) is 133 cm³/mol. The molecule has 1 amide bonds. The van der Waals surface area contributed by atoms with E-state index in [-0.39, 0.29) is 46.7 Å². The minimum atomic E-state index is -0.888. The molecule has 1 aliphatic heterocycles. The number of hydrogen-bond acceptors (Lipinski definition) is 7. The maximum absolute atomic E-state index is 14.7. The minimum Gasteiger partial charge on any atom is -0.494 e. The molecule has 2 atom stereocenters. The number of carbonyl (C=O) groups excluding carboxylic acids is 1. The topological polar surface area (TPSA) is 118 Å². The molecule has 0 bridgehead atoms. The van der Waals surface area contributed by atoms with Gasteiger partial charge < -0.3 is 14.6 Å². The number of carbonyl (C=O) groups is 1. The van der Waals surface area contributed by atoms with E-state index < -0.39 is 35.2 Å². The summed E-state index contributed by atoms with van der Waals surface area (Å²) in [5, 5.41) is 20.0. The van der Waals surface area contributed by atoms with Gasteiger partial charge in [-0.1, -0.05) is 0 Å². The number of halogens is 2. The van der Waals surface area contributed by atoms with Crippen LogP contribution in [-0.4, -0.2) is 51.0 Å². The van der Waals surface area contributed by atoms with E-state index in [4.69, 9.17) is 14.5 Å². The molecule has 0 saturated carbocycles. The summed E-state index contributed by atoms with van der Waals surface area (Å²) in [4.78, 5) is 32.9. The molecule has 1 N–H and O–H groups in total. The van der Waals surface area contributed by atoms with E-state index in [0.717, 1.165) is 6.07 Å². The average molecular weight is 559 g/mol. The van der Waals surface area contributed by atoms with Crippen LogP contribution >= 0.6 is 15.9 Å². The molecule has 4 rings (SSSR count). The molecule has 11 heteroatoms. The highest BCUT2D eigenvalue weighted by molar-refractivity contribution is 9.10. The van der Waals surface area contributed by atoms with Crippen molar-refractivity contribution in [1.82, 2.24) is 14.5 Å². The smallest absolute Gasteiger partial charge is 0.411 e. The van der Waals surface area contributed by atoms with Crippen molar-refractivity contribution < 1.29 is 23.8 Å². The quantitative estimate of drug-likeness (QED) is 0.511. The molecule has 1 aromatic heterocycles. The molecule has 2 unspecified atom stereocenters. The molecular formula is C25H24BrFN4O5. The van der Waals surface area contributed by atoms with E-state index in [9.17, 15) is 24.3 Å². The number of methoxy groups -OCH3 is 1. The van der Waals surface area contributed by atoms with Gasteiger partial charge in [0.2, 0.25) is 0 Å². The van der Waals surface area contributed by atoms with Gasteiger partial charge in [-0.25, -0.2) is 14.2 Å². The third-order valence-corrected chi connectivity index (χ3v) is 6.28. The number of benzene rings is 2. The predicted octanol–water partition coefficient (Wildman–Crippen LogP) is 4.21. The minimum absolute atomic E-state index is 0.0109. The lowest BCUT2D eigenvalue weighted by molar-refractivity contribution is 0.0199. The highest BCUT2D eigenvalue weighted by Gasteiger charge is 2.40. The van der Waals surface area contributed by atoms with Crippen molar-refractivity contribution in [2.45, 2.75) is 44.9 Å². The Morgan fingerprint density at radius 2 is 2.03 bits per heavy atom. The fraction of sp³-hybridized carbons (Fsp3) is 0.360. The SMILES string of the molecule is COc1ccc(-n2c(C3CC(O)CN3C(=O)OC(C)(C)C)nc3c(Br)cc(C#N)cc3c2=O)cc1F. The zero-order valence-corrected chi connectivity index (χ0v) is 21.7. The zero-order valence-electron chi connectivity index (χ0n) is 20.1. The second-order valence-electron chi connectivity index (χ2n) is 9.43. The van der Waals surface area contributed by atoms with Crippen molar-refractivity contribution in [2.75, 3.05) is 13.7 Å². The molecule has 0 radical (unpaired) electrons. The number of fused-ring (bicyclic) bond motifs is 1. The number of aliphatic hydroxyl groups excluding tert-OH is 1. The van der Waals surface area contributed by atoms with Gasteiger partial charge in [-0.3, -0.25) is 14.3 Å². The summed E-state index contributed by atoms with van der Waals surface area (Å²) in [7, 11) is 1.33. The van der Waals surface area contributed by atoms with Crippen LogP contribution in [0.4, 0.5) is 9.18 Å². The van der Waals surface area contributed by atoms with Gasteiger partial charge >= 0.3 is 6.09 Å². The molecule has 2 aromatic carbocycles. The van der Waals surface area contributed by atoms with Crippen molar-refractivity contribution in [3.63, 3.8) is 0 Å². The standard InChI is InChI=1S/C25H24BrFN4O5/c1-25(2,3)36-24(34)30-12-15(32)10-19(30)22-29-21-16(7-13(11-28)8-17(21)26)23(33)31(22)14-5-6-20(35-4)18(27)9-14/h5-9,15,19,32H,10,12H2,1-4H3. The van der Waals surface area contributed by atoms with E-state index in [1.807, 2.05) is 6.07 Å². The van der Waals surface area contributed by atoms with Crippen LogP contribution in [0.25, 0.3) is 16.6 Å². The Balaban J connectivity index is 2.00. The Kier molecular flexibility index (Phi) is 6.77. The number of nitrogens with zero attached hydrogens (tertiary/aromatic N) is 4. The van der Waals surface area contributed by atoms with Crippen molar-refractivity contribution in [1.29, 1.82) is 5.26 Å². The third-order valence-electron chi connectivity index (χ3n) is 5.68. The number of amides is 1. The monoisotopic (exact) mass is 558 g/mol. The van der Waals surface area contributed by atoms with E-state index in [1.54, 1.807) is 20.8 Å². The summed E-state index contributed by atoms with van der Waals surface area (Å²) in [5.74, 6) is -0.594. The number of aromatic nitrogens is 2. The summed E-state index contributed by atoms with van der Waals surface area (Å²) in [6.07, 6.45) is -1.48. The molecule has 188 valence electrons. The number of likely N-dealkylation sites (tertiary alicyclic amines) is 1. The molecule has 36 heavy (non-hydrogen) atoms. The van der Waals surface area contributed by atoms with Crippen molar-refractivity contribution >= 4 is 32.9 Å². The van der Waals surface area contributed by atoms with Gasteiger partial charge in [0.05, 0.1) is 54.0 Å². The van der Waals surface area contributed by atoms with Crippen LogP contribution in [0.1, 0.15) is 44.6 Å². The molecule has 1 saturated heterocycles. The number of ether oxygens (including phenoxy) is 2. The first-order valence-electron chi connectivity index (χ1n) is 11.1. The number of nitriles is 1. The number of β-amino-alcohol motifs (C(OH)–C–C–N with tert-alkyl or cyclic N) is 1.